The van der Waals surface area contributed by atoms with Crippen LogP contribution in [0, 0.1) is 12.7 Å². The number of hydrogen-bond acceptors (Lipinski definition) is 4. The van der Waals surface area contributed by atoms with Gasteiger partial charge < -0.3 is 4.74 Å². The number of benzene rings is 1. The maximum atomic E-state index is 13.2. The molecule has 1 aliphatic rings. The fourth-order valence-corrected chi connectivity index (χ4v) is 3.60. The fraction of sp³-hybridized carbons (Fsp3) is 0.158. The van der Waals surface area contributed by atoms with Crippen molar-refractivity contribution in [2.24, 2.45) is 0 Å². The van der Waals surface area contributed by atoms with E-state index in [4.69, 9.17) is 4.74 Å². The summed E-state index contributed by atoms with van der Waals surface area (Å²) in [6, 6.07) is 7.51. The Morgan fingerprint density at radius 1 is 1.20 bits per heavy atom. The monoisotopic (exact) mass is 357 g/mol. The number of halogens is 1. The predicted octanol–water partition coefficient (Wildman–Crippen LogP) is 4.07. The lowest BCUT2D eigenvalue weighted by Gasteiger charge is -2.17. The summed E-state index contributed by atoms with van der Waals surface area (Å²) >= 11 is 1.49. The van der Waals surface area contributed by atoms with Crippen LogP contribution < -0.4 is 4.90 Å². The molecule has 0 unspecified atom stereocenters. The second kappa shape index (κ2) is 6.64. The smallest absolute Gasteiger partial charge is 0.340 e. The van der Waals surface area contributed by atoms with Crippen molar-refractivity contribution in [3.8, 4) is 0 Å². The number of aryl methyl sites for hydroxylation is 1. The van der Waals surface area contributed by atoms with Gasteiger partial charge in [-0.25, -0.2) is 9.18 Å². The molecule has 0 saturated heterocycles. The predicted molar refractivity (Wildman–Crippen MR) is 95.6 cm³/mol. The van der Waals surface area contributed by atoms with Crippen LogP contribution in [0.15, 0.2) is 52.6 Å². The number of carbonyl (C=O) groups is 2. The van der Waals surface area contributed by atoms with Crippen LogP contribution in [-0.4, -0.2) is 19.0 Å². The molecule has 4 nitrogen and oxygen atoms in total. The van der Waals surface area contributed by atoms with E-state index in [9.17, 15) is 14.0 Å². The molecule has 3 rings (SSSR count). The molecule has 0 atom stereocenters. The van der Waals surface area contributed by atoms with Crippen LogP contribution in [-0.2, 0) is 14.3 Å². The number of thiophene rings is 1. The summed E-state index contributed by atoms with van der Waals surface area (Å²) in [5, 5.41) is 1.92. The van der Waals surface area contributed by atoms with Gasteiger partial charge in [-0.1, -0.05) is 0 Å². The van der Waals surface area contributed by atoms with E-state index < -0.39 is 11.8 Å². The number of methoxy groups -OCH3 is 1. The van der Waals surface area contributed by atoms with Crippen molar-refractivity contribution in [1.82, 2.24) is 0 Å². The summed E-state index contributed by atoms with van der Waals surface area (Å²) in [6.07, 6.45) is 1.71. The molecule has 6 heteroatoms. The number of esters is 1. The van der Waals surface area contributed by atoms with Crippen LogP contribution in [0.3, 0.4) is 0 Å². The van der Waals surface area contributed by atoms with Gasteiger partial charge in [0.2, 0.25) is 0 Å². The van der Waals surface area contributed by atoms with Crippen molar-refractivity contribution in [1.29, 1.82) is 0 Å². The lowest BCUT2D eigenvalue weighted by atomic mass is 10.1. The average Bonchev–Trinajstić information content (AvgIpc) is 3.10. The number of allylic oxidation sites excluding steroid dienone is 1. The largest absolute Gasteiger partial charge is 0.465 e. The highest BCUT2D eigenvalue weighted by Crippen LogP contribution is 2.36. The number of amides is 1. The molecular formula is C19H16FNO3S. The maximum absolute atomic E-state index is 13.2. The molecule has 0 N–H and O–H groups in total. The molecule has 0 fully saturated rings. The molecule has 1 amide bonds. The van der Waals surface area contributed by atoms with Gasteiger partial charge in [0.25, 0.3) is 5.91 Å². The number of carbonyl (C=O) groups excluding carboxylic acids is 2. The van der Waals surface area contributed by atoms with Crippen molar-refractivity contribution in [2.75, 3.05) is 12.0 Å². The Morgan fingerprint density at radius 3 is 2.44 bits per heavy atom. The fourth-order valence-electron chi connectivity index (χ4n) is 2.74. The molecule has 1 aromatic heterocycles. The van der Waals surface area contributed by atoms with Crippen LogP contribution in [0.1, 0.15) is 17.4 Å². The van der Waals surface area contributed by atoms with Gasteiger partial charge in [0.1, 0.15) is 5.82 Å². The molecule has 2 heterocycles. The van der Waals surface area contributed by atoms with Crippen molar-refractivity contribution in [2.45, 2.75) is 13.8 Å². The average molecular weight is 357 g/mol. The Morgan fingerprint density at radius 2 is 1.88 bits per heavy atom. The Labute approximate surface area is 148 Å². The molecule has 1 aromatic carbocycles. The van der Waals surface area contributed by atoms with Crippen molar-refractivity contribution >= 4 is 35.0 Å². The highest BCUT2D eigenvalue weighted by Gasteiger charge is 2.38. The van der Waals surface area contributed by atoms with E-state index in [-0.39, 0.29) is 17.1 Å². The minimum absolute atomic E-state index is 0.227. The van der Waals surface area contributed by atoms with Crippen LogP contribution >= 0.6 is 11.3 Å². The summed E-state index contributed by atoms with van der Waals surface area (Å²) < 4.78 is 18.1. The van der Waals surface area contributed by atoms with E-state index >= 15 is 0 Å². The van der Waals surface area contributed by atoms with Gasteiger partial charge >= 0.3 is 5.97 Å². The normalized spacial score (nSPS) is 16.1. The third kappa shape index (κ3) is 3.00. The lowest BCUT2D eigenvalue weighted by Crippen LogP contribution is -2.24. The van der Waals surface area contributed by atoms with E-state index in [1.807, 2.05) is 18.4 Å². The molecule has 0 aliphatic carbocycles. The highest BCUT2D eigenvalue weighted by atomic mass is 32.1. The second-order valence-electron chi connectivity index (χ2n) is 5.59. The summed E-state index contributed by atoms with van der Waals surface area (Å²) in [4.78, 5) is 27.6. The third-order valence-electron chi connectivity index (χ3n) is 4.05. The Balaban J connectivity index is 2.14. The highest BCUT2D eigenvalue weighted by molar-refractivity contribution is 7.11. The van der Waals surface area contributed by atoms with E-state index in [1.165, 1.54) is 47.6 Å². The number of nitrogens with zero attached hydrogens (tertiary/aromatic N) is 1. The standard InChI is InChI=1S/C19H16FNO3S/c1-11-8-9-25-16(11)10-15-17(19(23)24-3)12(2)21(18(15)22)14-6-4-13(20)5-7-14/h4-10H,1-3H3. The topological polar surface area (TPSA) is 46.6 Å². The van der Waals surface area contributed by atoms with E-state index in [1.54, 1.807) is 13.0 Å². The molecule has 2 aromatic rings. The van der Waals surface area contributed by atoms with Crippen LogP contribution in [0.5, 0.6) is 0 Å². The van der Waals surface area contributed by atoms with Gasteiger partial charge in [0, 0.05) is 16.3 Å². The molecule has 0 saturated carbocycles. The number of anilines is 1. The van der Waals surface area contributed by atoms with Crippen molar-refractivity contribution in [3.05, 3.63) is 68.8 Å². The van der Waals surface area contributed by atoms with Crippen LogP contribution in [0.25, 0.3) is 6.08 Å². The minimum Gasteiger partial charge on any atom is -0.465 e. The molecule has 0 bridgehead atoms. The Hall–Kier alpha value is -2.73. The number of rotatable bonds is 3. The summed E-state index contributed by atoms with van der Waals surface area (Å²) in [5.41, 5.74) is 2.48. The summed E-state index contributed by atoms with van der Waals surface area (Å²) in [7, 11) is 1.28. The molecular weight excluding hydrogens is 341 g/mol. The van der Waals surface area contributed by atoms with Crippen molar-refractivity contribution < 1.29 is 18.7 Å². The van der Waals surface area contributed by atoms with Gasteiger partial charge in [-0.3, -0.25) is 9.69 Å². The SMILES string of the molecule is COC(=O)C1=C(C)N(c2ccc(F)cc2)C(=O)C1=Cc1sccc1C. The first-order valence-electron chi connectivity index (χ1n) is 7.59. The maximum Gasteiger partial charge on any atom is 0.340 e. The van der Waals surface area contributed by atoms with E-state index in [2.05, 4.69) is 0 Å². The molecule has 128 valence electrons. The van der Waals surface area contributed by atoms with Gasteiger partial charge in [-0.2, -0.15) is 0 Å². The van der Waals surface area contributed by atoms with Crippen LogP contribution in [0.4, 0.5) is 10.1 Å². The zero-order valence-corrected chi connectivity index (χ0v) is 14.8. The number of ether oxygens (including phenoxy) is 1. The van der Waals surface area contributed by atoms with E-state index in [0.29, 0.717) is 11.4 Å². The summed E-state index contributed by atoms with van der Waals surface area (Å²) in [6.45, 7) is 3.62. The van der Waals surface area contributed by atoms with Gasteiger partial charge in [0.05, 0.1) is 18.3 Å². The molecule has 1 aliphatic heterocycles. The van der Waals surface area contributed by atoms with Crippen LogP contribution in [0.2, 0.25) is 0 Å². The lowest BCUT2D eigenvalue weighted by molar-refractivity contribution is -0.136. The zero-order valence-electron chi connectivity index (χ0n) is 14.0. The first kappa shape index (κ1) is 17.1. The van der Waals surface area contributed by atoms with Gasteiger partial charge in [-0.15, -0.1) is 11.3 Å². The molecule has 0 radical (unpaired) electrons. The second-order valence-corrected chi connectivity index (χ2v) is 6.54. The van der Waals surface area contributed by atoms with E-state index in [0.717, 1.165) is 10.4 Å². The molecule has 25 heavy (non-hydrogen) atoms. The minimum atomic E-state index is -0.573. The quantitative estimate of drug-likeness (QED) is 0.614. The number of hydrogen-bond donors (Lipinski definition) is 0. The molecule has 0 spiro atoms. The first-order valence-corrected chi connectivity index (χ1v) is 8.47. The first-order chi connectivity index (χ1) is 11.9. The van der Waals surface area contributed by atoms with Gasteiger partial charge in [0.15, 0.2) is 0 Å². The zero-order chi connectivity index (χ0) is 18.1. The Bertz CT molecular complexity index is 909. The van der Waals surface area contributed by atoms with Crippen molar-refractivity contribution in [3.63, 3.8) is 0 Å². The van der Waals surface area contributed by atoms with Gasteiger partial charge in [-0.05, 0) is 61.2 Å². The third-order valence-corrected chi connectivity index (χ3v) is 5.02. The Kier molecular flexibility index (Phi) is 4.55. The summed E-state index contributed by atoms with van der Waals surface area (Å²) in [5.74, 6) is -1.30.